The van der Waals surface area contributed by atoms with Crippen LogP contribution in [0.3, 0.4) is 0 Å². The lowest BCUT2D eigenvalue weighted by Gasteiger charge is -2.18. The van der Waals surface area contributed by atoms with E-state index in [9.17, 15) is 14.4 Å². The van der Waals surface area contributed by atoms with Crippen molar-refractivity contribution in [2.75, 3.05) is 0 Å². The van der Waals surface area contributed by atoms with Crippen molar-refractivity contribution in [1.82, 2.24) is 10.3 Å². The Labute approximate surface area is 140 Å². The van der Waals surface area contributed by atoms with Crippen molar-refractivity contribution in [3.63, 3.8) is 0 Å². The Kier molecular flexibility index (Phi) is 6.21. The van der Waals surface area contributed by atoms with E-state index >= 15 is 0 Å². The number of rotatable bonds is 6. The fourth-order valence-corrected chi connectivity index (χ4v) is 2.33. The van der Waals surface area contributed by atoms with Crippen LogP contribution in [0, 0.1) is 17.3 Å². The summed E-state index contributed by atoms with van der Waals surface area (Å²) in [4.78, 5) is 16.0. The predicted octanol–water partition coefficient (Wildman–Crippen LogP) is 3.79. The van der Waals surface area contributed by atoms with Gasteiger partial charge in [0.2, 0.25) is 5.95 Å². The molecule has 5 heteroatoms. The topological polar surface area (TPSA) is 65.8 Å². The second kappa shape index (κ2) is 8.59. The molecule has 0 aliphatic rings. The Hall–Kier alpha value is -3.00. The summed E-state index contributed by atoms with van der Waals surface area (Å²) in [5.41, 5.74) is 1.10. The van der Waals surface area contributed by atoms with Crippen LogP contribution in [-0.2, 0) is 4.79 Å². The number of hydrogen-bond acceptors (Lipinski definition) is 3. The lowest BCUT2D eigenvalue weighted by molar-refractivity contribution is -0.117. The first-order valence-electron chi connectivity index (χ1n) is 7.74. The summed E-state index contributed by atoms with van der Waals surface area (Å²) >= 11 is 0. The van der Waals surface area contributed by atoms with Gasteiger partial charge < -0.3 is 5.32 Å². The van der Waals surface area contributed by atoms with Gasteiger partial charge in [0, 0.05) is 0 Å². The van der Waals surface area contributed by atoms with Gasteiger partial charge in [-0.2, -0.15) is 9.65 Å². The maximum absolute atomic E-state index is 13.1. The fraction of sp³-hybridized carbons (Fsp3) is 0.211. The van der Waals surface area contributed by atoms with Gasteiger partial charge in [-0.05, 0) is 30.2 Å². The number of carbonyl (C=O) groups is 1. The van der Waals surface area contributed by atoms with Gasteiger partial charge >= 0.3 is 0 Å². The largest absolute Gasteiger partial charge is 0.345 e. The molecule has 122 valence electrons. The highest BCUT2D eigenvalue weighted by atomic mass is 19.1. The summed E-state index contributed by atoms with van der Waals surface area (Å²) in [6, 6.07) is 15.5. The first-order valence-corrected chi connectivity index (χ1v) is 7.74. The molecule has 0 fully saturated rings. The van der Waals surface area contributed by atoms with Gasteiger partial charge in [-0.15, -0.1) is 0 Å². The van der Waals surface area contributed by atoms with Crippen LogP contribution < -0.4 is 5.32 Å². The van der Waals surface area contributed by atoms with Gasteiger partial charge in [0.15, 0.2) is 0 Å². The molecule has 2 rings (SSSR count). The number of benzene rings is 1. The van der Waals surface area contributed by atoms with Crippen LogP contribution in [0.4, 0.5) is 4.39 Å². The Morgan fingerprint density at radius 2 is 2.04 bits per heavy atom. The summed E-state index contributed by atoms with van der Waals surface area (Å²) < 4.78 is 13.1. The lowest BCUT2D eigenvalue weighted by Crippen LogP contribution is -2.29. The highest BCUT2D eigenvalue weighted by Gasteiger charge is 2.17. The Balaban J connectivity index is 2.20. The highest BCUT2D eigenvalue weighted by molar-refractivity contribution is 6.01. The van der Waals surface area contributed by atoms with E-state index in [0.29, 0.717) is 0 Å². The Morgan fingerprint density at radius 3 is 2.67 bits per heavy atom. The zero-order chi connectivity index (χ0) is 17.4. The smallest absolute Gasteiger partial charge is 0.262 e. The van der Waals surface area contributed by atoms with E-state index < -0.39 is 11.9 Å². The van der Waals surface area contributed by atoms with Gasteiger partial charge in [-0.25, -0.2) is 4.98 Å². The van der Waals surface area contributed by atoms with Crippen molar-refractivity contribution in [2.45, 2.75) is 25.8 Å². The van der Waals surface area contributed by atoms with Crippen LogP contribution in [0.15, 0.2) is 54.1 Å². The third-order valence-electron chi connectivity index (χ3n) is 3.48. The van der Waals surface area contributed by atoms with Crippen LogP contribution in [0.1, 0.15) is 37.1 Å². The van der Waals surface area contributed by atoms with E-state index in [1.165, 1.54) is 24.3 Å². The van der Waals surface area contributed by atoms with E-state index in [4.69, 9.17) is 0 Å². The molecule has 4 nitrogen and oxygen atoms in total. The number of nitriles is 1. The van der Waals surface area contributed by atoms with Gasteiger partial charge in [0.25, 0.3) is 5.91 Å². The quantitative estimate of drug-likeness (QED) is 0.500. The molecule has 0 saturated heterocycles. The molecule has 24 heavy (non-hydrogen) atoms. The maximum Gasteiger partial charge on any atom is 0.262 e. The fourth-order valence-electron chi connectivity index (χ4n) is 2.33. The second-order valence-corrected chi connectivity index (χ2v) is 5.28. The average Bonchev–Trinajstić information content (AvgIpc) is 2.60. The SMILES string of the molecule is CCCC(NC(=O)C(C#N)=Cc1cccc(F)n1)c1ccccc1. The lowest BCUT2D eigenvalue weighted by atomic mass is 10.0. The first-order chi connectivity index (χ1) is 11.6. The predicted molar refractivity (Wildman–Crippen MR) is 90.0 cm³/mol. The minimum atomic E-state index is -0.658. The van der Waals surface area contributed by atoms with Crippen molar-refractivity contribution in [2.24, 2.45) is 0 Å². The Morgan fingerprint density at radius 1 is 1.29 bits per heavy atom. The monoisotopic (exact) mass is 323 g/mol. The number of amides is 1. The minimum absolute atomic E-state index is 0.106. The third-order valence-corrected chi connectivity index (χ3v) is 3.48. The van der Waals surface area contributed by atoms with Crippen molar-refractivity contribution in [1.29, 1.82) is 5.26 Å². The summed E-state index contributed by atoms with van der Waals surface area (Å²) in [6.07, 6.45) is 2.93. The summed E-state index contributed by atoms with van der Waals surface area (Å²) in [5, 5.41) is 12.1. The zero-order valence-electron chi connectivity index (χ0n) is 13.4. The number of nitrogens with one attached hydrogen (secondary N) is 1. The number of pyridine rings is 1. The molecular weight excluding hydrogens is 305 g/mol. The molecule has 0 aliphatic heterocycles. The molecule has 1 amide bonds. The maximum atomic E-state index is 13.1. The number of aromatic nitrogens is 1. The van der Waals surface area contributed by atoms with Crippen LogP contribution in [0.5, 0.6) is 0 Å². The van der Waals surface area contributed by atoms with E-state index in [1.54, 1.807) is 0 Å². The molecule has 1 heterocycles. The van der Waals surface area contributed by atoms with Crippen LogP contribution in [0.25, 0.3) is 6.08 Å². The van der Waals surface area contributed by atoms with E-state index in [-0.39, 0.29) is 17.3 Å². The van der Waals surface area contributed by atoms with Crippen LogP contribution >= 0.6 is 0 Å². The molecule has 0 bridgehead atoms. The van der Waals surface area contributed by atoms with Crippen molar-refractivity contribution < 1.29 is 9.18 Å². The van der Waals surface area contributed by atoms with E-state index in [1.807, 2.05) is 43.3 Å². The average molecular weight is 323 g/mol. The highest BCUT2D eigenvalue weighted by Crippen LogP contribution is 2.19. The van der Waals surface area contributed by atoms with Gasteiger partial charge in [0.1, 0.15) is 11.6 Å². The molecule has 1 atom stereocenters. The Bertz CT molecular complexity index is 766. The minimum Gasteiger partial charge on any atom is -0.345 e. The molecule has 0 aliphatic carbocycles. The van der Waals surface area contributed by atoms with E-state index in [2.05, 4.69) is 10.3 Å². The number of nitrogens with zero attached hydrogens (tertiary/aromatic N) is 2. The molecule has 0 saturated carbocycles. The molecule has 1 unspecified atom stereocenters. The molecular formula is C19H18FN3O. The number of hydrogen-bond donors (Lipinski definition) is 1. The van der Waals surface area contributed by atoms with Crippen LogP contribution in [-0.4, -0.2) is 10.9 Å². The standard InChI is InChI=1S/C19H18FN3O/c1-2-7-17(14-8-4-3-5-9-14)23-19(24)15(13-21)12-16-10-6-11-18(20)22-16/h3-6,8-12,17H,2,7H2,1H3,(H,23,24). The van der Waals surface area contributed by atoms with Crippen molar-refractivity contribution in [3.05, 3.63) is 71.3 Å². The van der Waals surface area contributed by atoms with E-state index in [0.717, 1.165) is 18.4 Å². The van der Waals surface area contributed by atoms with Gasteiger partial charge in [-0.1, -0.05) is 49.7 Å². The zero-order valence-corrected chi connectivity index (χ0v) is 13.4. The summed E-state index contributed by atoms with van der Waals surface area (Å²) in [5.74, 6) is -1.15. The normalized spacial score (nSPS) is 12.3. The number of halogens is 1. The van der Waals surface area contributed by atoms with Gasteiger partial charge in [0.05, 0.1) is 11.7 Å². The third kappa shape index (κ3) is 4.75. The molecule has 0 spiro atoms. The molecule has 0 radical (unpaired) electrons. The second-order valence-electron chi connectivity index (χ2n) is 5.28. The van der Waals surface area contributed by atoms with Gasteiger partial charge in [-0.3, -0.25) is 4.79 Å². The molecule has 1 N–H and O–H groups in total. The molecule has 1 aromatic heterocycles. The molecule has 1 aromatic carbocycles. The van der Waals surface area contributed by atoms with Crippen molar-refractivity contribution in [3.8, 4) is 6.07 Å². The summed E-state index contributed by atoms with van der Waals surface area (Å²) in [6.45, 7) is 2.03. The van der Waals surface area contributed by atoms with Crippen LogP contribution in [0.2, 0.25) is 0 Å². The summed E-state index contributed by atoms with van der Waals surface area (Å²) in [7, 11) is 0. The number of carbonyl (C=O) groups excluding carboxylic acids is 1. The molecule has 2 aromatic rings. The first kappa shape index (κ1) is 17.4. The van der Waals surface area contributed by atoms with Crippen molar-refractivity contribution >= 4 is 12.0 Å².